The minimum Gasteiger partial charge on any atom is -0.493 e. The van der Waals surface area contributed by atoms with Crippen molar-refractivity contribution in [2.75, 3.05) is 13.7 Å². The Morgan fingerprint density at radius 1 is 1.33 bits per heavy atom. The number of hydrogen-bond donors (Lipinski definition) is 1. The van der Waals surface area contributed by atoms with Crippen LogP contribution < -0.4 is 15.2 Å². The van der Waals surface area contributed by atoms with Crippen molar-refractivity contribution in [3.63, 3.8) is 0 Å². The third-order valence-electron chi connectivity index (χ3n) is 3.21. The monoisotopic (exact) mass is 251 g/mol. The number of nitrogens with two attached hydrogens (primary N) is 1. The molecule has 0 aromatic heterocycles. The van der Waals surface area contributed by atoms with Gasteiger partial charge in [-0.05, 0) is 37.5 Å². The lowest BCUT2D eigenvalue weighted by Gasteiger charge is -2.15. The zero-order chi connectivity index (χ0) is 13.0. The summed E-state index contributed by atoms with van der Waals surface area (Å²) in [6.07, 6.45) is 2.71. The van der Waals surface area contributed by atoms with Crippen molar-refractivity contribution < 1.29 is 14.2 Å². The average molecular weight is 251 g/mol. The molecule has 100 valence electrons. The van der Waals surface area contributed by atoms with Gasteiger partial charge in [0.1, 0.15) is 6.61 Å². The minimum atomic E-state index is 0.193. The van der Waals surface area contributed by atoms with Crippen molar-refractivity contribution in [3.05, 3.63) is 23.8 Å². The first kappa shape index (κ1) is 13.2. The molecule has 2 rings (SSSR count). The summed E-state index contributed by atoms with van der Waals surface area (Å²) in [6.45, 7) is 3.17. The molecule has 2 N–H and O–H groups in total. The summed E-state index contributed by atoms with van der Waals surface area (Å²) in [4.78, 5) is 0. The summed E-state index contributed by atoms with van der Waals surface area (Å²) in [5.74, 6) is 1.47. The maximum Gasteiger partial charge on any atom is 0.161 e. The molecule has 2 unspecified atom stereocenters. The van der Waals surface area contributed by atoms with E-state index in [1.807, 2.05) is 18.2 Å². The Hall–Kier alpha value is -1.26. The number of benzene rings is 1. The average Bonchev–Trinajstić information content (AvgIpc) is 2.82. The van der Waals surface area contributed by atoms with Crippen molar-refractivity contribution in [3.8, 4) is 11.5 Å². The highest BCUT2D eigenvalue weighted by molar-refractivity contribution is 5.42. The SMILES string of the molecule is COc1cc(CN)ccc1OCC1CCC(C)O1. The lowest BCUT2D eigenvalue weighted by molar-refractivity contribution is 0.0259. The first-order chi connectivity index (χ1) is 8.72. The molecule has 1 aromatic carbocycles. The van der Waals surface area contributed by atoms with Gasteiger partial charge in [-0.2, -0.15) is 0 Å². The lowest BCUT2D eigenvalue weighted by atomic mass is 10.2. The van der Waals surface area contributed by atoms with Gasteiger partial charge >= 0.3 is 0 Å². The van der Waals surface area contributed by atoms with Crippen molar-refractivity contribution in [2.45, 2.75) is 38.5 Å². The first-order valence-corrected chi connectivity index (χ1v) is 6.38. The molecule has 0 bridgehead atoms. The third kappa shape index (κ3) is 3.15. The molecule has 0 spiro atoms. The standard InChI is InChI=1S/C14H21NO3/c1-10-3-5-12(18-10)9-17-13-6-4-11(8-15)7-14(13)16-2/h4,6-7,10,12H,3,5,8-9,15H2,1-2H3. The Morgan fingerprint density at radius 2 is 2.17 bits per heavy atom. The van der Waals surface area contributed by atoms with Crippen molar-refractivity contribution in [1.82, 2.24) is 0 Å². The van der Waals surface area contributed by atoms with E-state index in [-0.39, 0.29) is 6.10 Å². The lowest BCUT2D eigenvalue weighted by Crippen LogP contribution is -2.18. The molecule has 1 saturated heterocycles. The Morgan fingerprint density at radius 3 is 2.78 bits per heavy atom. The first-order valence-electron chi connectivity index (χ1n) is 6.38. The van der Waals surface area contributed by atoms with Gasteiger partial charge in [-0.25, -0.2) is 0 Å². The summed E-state index contributed by atoms with van der Waals surface area (Å²) in [5, 5.41) is 0. The summed E-state index contributed by atoms with van der Waals surface area (Å²) in [6, 6.07) is 5.77. The van der Waals surface area contributed by atoms with Gasteiger partial charge in [0.25, 0.3) is 0 Å². The van der Waals surface area contributed by atoms with E-state index in [1.54, 1.807) is 7.11 Å². The van der Waals surface area contributed by atoms with Crippen LogP contribution in [0.3, 0.4) is 0 Å². The largest absolute Gasteiger partial charge is 0.493 e. The second-order valence-electron chi connectivity index (χ2n) is 4.65. The predicted octanol–water partition coefficient (Wildman–Crippen LogP) is 2.10. The number of rotatable bonds is 5. The van der Waals surface area contributed by atoms with Crippen LogP contribution in [-0.2, 0) is 11.3 Å². The zero-order valence-electron chi connectivity index (χ0n) is 11.0. The summed E-state index contributed by atoms with van der Waals surface area (Å²) in [7, 11) is 1.64. The van der Waals surface area contributed by atoms with Crippen LogP contribution >= 0.6 is 0 Å². The van der Waals surface area contributed by atoms with Crippen molar-refractivity contribution >= 4 is 0 Å². The number of hydrogen-bond acceptors (Lipinski definition) is 4. The fourth-order valence-electron chi connectivity index (χ4n) is 2.15. The van der Waals surface area contributed by atoms with E-state index >= 15 is 0 Å². The maximum atomic E-state index is 5.77. The van der Waals surface area contributed by atoms with Crippen LogP contribution in [0.15, 0.2) is 18.2 Å². The Balaban J connectivity index is 1.96. The molecular weight excluding hydrogens is 230 g/mol. The Kier molecular flexibility index (Phi) is 4.44. The van der Waals surface area contributed by atoms with E-state index in [1.165, 1.54) is 0 Å². The smallest absolute Gasteiger partial charge is 0.161 e. The van der Waals surface area contributed by atoms with Gasteiger partial charge in [-0.3, -0.25) is 0 Å². The Bertz CT molecular complexity index is 395. The van der Waals surface area contributed by atoms with E-state index in [0.29, 0.717) is 19.3 Å². The number of methoxy groups -OCH3 is 1. The van der Waals surface area contributed by atoms with Crippen LogP contribution in [0.2, 0.25) is 0 Å². The highest BCUT2D eigenvalue weighted by Crippen LogP contribution is 2.29. The van der Waals surface area contributed by atoms with Crippen LogP contribution in [-0.4, -0.2) is 25.9 Å². The highest BCUT2D eigenvalue weighted by Gasteiger charge is 2.22. The topological polar surface area (TPSA) is 53.7 Å². The second kappa shape index (κ2) is 6.07. The molecule has 0 saturated carbocycles. The quantitative estimate of drug-likeness (QED) is 0.870. The molecule has 1 aliphatic rings. The van der Waals surface area contributed by atoms with Crippen LogP contribution in [0.25, 0.3) is 0 Å². The van der Waals surface area contributed by atoms with E-state index in [9.17, 15) is 0 Å². The molecule has 18 heavy (non-hydrogen) atoms. The molecule has 1 aliphatic heterocycles. The fraction of sp³-hybridized carbons (Fsp3) is 0.571. The van der Waals surface area contributed by atoms with E-state index in [2.05, 4.69) is 6.92 Å². The Labute approximate surface area is 108 Å². The summed E-state index contributed by atoms with van der Waals surface area (Å²) >= 11 is 0. The molecule has 0 amide bonds. The predicted molar refractivity (Wildman–Crippen MR) is 69.9 cm³/mol. The van der Waals surface area contributed by atoms with Gasteiger partial charge in [-0.15, -0.1) is 0 Å². The van der Waals surface area contributed by atoms with Gasteiger partial charge in [0.2, 0.25) is 0 Å². The number of ether oxygens (including phenoxy) is 3. The van der Waals surface area contributed by atoms with Gasteiger partial charge in [-0.1, -0.05) is 6.07 Å². The third-order valence-corrected chi connectivity index (χ3v) is 3.21. The second-order valence-corrected chi connectivity index (χ2v) is 4.65. The fourth-order valence-corrected chi connectivity index (χ4v) is 2.15. The van der Waals surface area contributed by atoms with E-state index in [4.69, 9.17) is 19.9 Å². The van der Waals surface area contributed by atoms with Crippen LogP contribution in [0, 0.1) is 0 Å². The van der Waals surface area contributed by atoms with Crippen molar-refractivity contribution in [1.29, 1.82) is 0 Å². The van der Waals surface area contributed by atoms with Crippen molar-refractivity contribution in [2.24, 2.45) is 5.73 Å². The van der Waals surface area contributed by atoms with Gasteiger partial charge < -0.3 is 19.9 Å². The molecule has 1 heterocycles. The molecule has 4 heteroatoms. The van der Waals surface area contributed by atoms with Gasteiger partial charge in [0, 0.05) is 6.54 Å². The summed E-state index contributed by atoms with van der Waals surface area (Å²) < 4.78 is 16.8. The van der Waals surface area contributed by atoms with E-state index < -0.39 is 0 Å². The molecule has 4 nitrogen and oxygen atoms in total. The minimum absolute atomic E-state index is 0.193. The maximum absolute atomic E-state index is 5.77. The van der Waals surface area contributed by atoms with Gasteiger partial charge in [0.15, 0.2) is 11.5 Å². The normalized spacial score (nSPS) is 23.1. The van der Waals surface area contributed by atoms with Crippen LogP contribution in [0.5, 0.6) is 11.5 Å². The highest BCUT2D eigenvalue weighted by atomic mass is 16.6. The molecule has 1 fully saturated rings. The summed E-state index contributed by atoms with van der Waals surface area (Å²) in [5.41, 5.74) is 6.63. The van der Waals surface area contributed by atoms with Crippen LogP contribution in [0.4, 0.5) is 0 Å². The molecular formula is C14H21NO3. The zero-order valence-corrected chi connectivity index (χ0v) is 11.0. The van der Waals surface area contributed by atoms with Crippen LogP contribution in [0.1, 0.15) is 25.3 Å². The van der Waals surface area contributed by atoms with Gasteiger partial charge in [0.05, 0.1) is 19.3 Å². The molecule has 2 atom stereocenters. The molecule has 0 radical (unpaired) electrons. The molecule has 1 aromatic rings. The van der Waals surface area contributed by atoms with E-state index in [0.717, 1.165) is 29.9 Å². The molecule has 0 aliphatic carbocycles.